The van der Waals surface area contributed by atoms with E-state index in [1.54, 1.807) is 55.6 Å². The van der Waals surface area contributed by atoms with Crippen molar-refractivity contribution in [2.45, 2.75) is 12.8 Å². The predicted molar refractivity (Wildman–Crippen MR) is 101 cm³/mol. The van der Waals surface area contributed by atoms with Gasteiger partial charge in [-0.2, -0.15) is 4.98 Å². The molecule has 0 unspecified atom stereocenters. The Hall–Kier alpha value is -3.19. The lowest BCUT2D eigenvalue weighted by atomic mass is 10.1. The van der Waals surface area contributed by atoms with Gasteiger partial charge in [-0.05, 0) is 48.5 Å². The molecule has 0 bridgehead atoms. The molecule has 3 rings (SSSR count). The van der Waals surface area contributed by atoms with E-state index in [1.165, 1.54) is 0 Å². The molecule has 8 heteroatoms. The van der Waals surface area contributed by atoms with Crippen LogP contribution >= 0.6 is 11.6 Å². The van der Waals surface area contributed by atoms with E-state index < -0.39 is 5.97 Å². The topological polar surface area (TPSA) is 91.5 Å². The van der Waals surface area contributed by atoms with E-state index in [4.69, 9.17) is 25.6 Å². The zero-order valence-electron chi connectivity index (χ0n) is 15.1. The number of carbonyl (C=O) groups is 2. The van der Waals surface area contributed by atoms with Gasteiger partial charge < -0.3 is 14.0 Å². The van der Waals surface area contributed by atoms with E-state index in [-0.39, 0.29) is 25.2 Å². The number of carbonyl (C=O) groups excluding carboxylic acids is 2. The number of benzene rings is 2. The smallest absolute Gasteiger partial charge is 0.306 e. The highest BCUT2D eigenvalue weighted by atomic mass is 35.5. The summed E-state index contributed by atoms with van der Waals surface area (Å²) < 4.78 is 15.2. The van der Waals surface area contributed by atoms with Crippen molar-refractivity contribution in [2.24, 2.45) is 0 Å². The van der Waals surface area contributed by atoms with E-state index in [0.29, 0.717) is 28.1 Å². The van der Waals surface area contributed by atoms with Crippen LogP contribution in [0.25, 0.3) is 11.4 Å². The molecule has 0 saturated carbocycles. The SMILES string of the molecule is COc1ccc(C(=O)COC(=O)CCc2nc(-c3ccc(Cl)cc3)no2)cc1. The lowest BCUT2D eigenvalue weighted by molar-refractivity contribution is -0.142. The Balaban J connectivity index is 1.46. The first-order valence-electron chi connectivity index (χ1n) is 8.46. The third-order valence-electron chi connectivity index (χ3n) is 3.89. The predicted octanol–water partition coefficient (Wildman–Crippen LogP) is 3.76. The lowest BCUT2D eigenvalue weighted by Gasteiger charge is -2.04. The molecule has 0 fully saturated rings. The Labute approximate surface area is 166 Å². The summed E-state index contributed by atoms with van der Waals surface area (Å²) in [5.41, 5.74) is 1.20. The summed E-state index contributed by atoms with van der Waals surface area (Å²) in [5, 5.41) is 4.49. The molecule has 0 N–H and O–H groups in total. The molecule has 0 aliphatic carbocycles. The van der Waals surface area contributed by atoms with Gasteiger partial charge in [-0.3, -0.25) is 9.59 Å². The summed E-state index contributed by atoms with van der Waals surface area (Å²) in [6.45, 7) is -0.328. The fourth-order valence-electron chi connectivity index (χ4n) is 2.36. The van der Waals surface area contributed by atoms with E-state index in [1.807, 2.05) is 0 Å². The van der Waals surface area contributed by atoms with Gasteiger partial charge in [0, 0.05) is 22.6 Å². The average Bonchev–Trinajstić information content (AvgIpc) is 3.20. The van der Waals surface area contributed by atoms with Crippen LogP contribution in [0.15, 0.2) is 53.1 Å². The number of methoxy groups -OCH3 is 1. The Kier molecular flexibility index (Phi) is 6.39. The molecule has 1 heterocycles. The second-order valence-corrected chi connectivity index (χ2v) is 6.27. The summed E-state index contributed by atoms with van der Waals surface area (Å²) >= 11 is 5.85. The van der Waals surface area contributed by atoms with Crippen LogP contribution < -0.4 is 4.74 Å². The van der Waals surface area contributed by atoms with Gasteiger partial charge in [0.1, 0.15) is 5.75 Å². The van der Waals surface area contributed by atoms with E-state index >= 15 is 0 Å². The van der Waals surface area contributed by atoms with E-state index in [9.17, 15) is 9.59 Å². The van der Waals surface area contributed by atoms with E-state index in [2.05, 4.69) is 10.1 Å². The molecule has 0 saturated heterocycles. The molecule has 7 nitrogen and oxygen atoms in total. The molecule has 1 aromatic heterocycles. The number of hydrogen-bond acceptors (Lipinski definition) is 7. The minimum atomic E-state index is -0.520. The highest BCUT2D eigenvalue weighted by Gasteiger charge is 2.13. The van der Waals surface area contributed by atoms with Gasteiger partial charge in [-0.1, -0.05) is 16.8 Å². The van der Waals surface area contributed by atoms with Crippen LogP contribution in [-0.4, -0.2) is 35.6 Å². The Morgan fingerprint density at radius 2 is 1.79 bits per heavy atom. The molecule has 0 radical (unpaired) electrons. The standard InChI is InChI=1S/C20H17ClN2O5/c1-26-16-8-4-13(5-9-16)17(24)12-27-19(25)11-10-18-22-20(23-28-18)14-2-6-15(21)7-3-14/h2-9H,10-12H2,1H3. The van der Waals surface area contributed by atoms with Gasteiger partial charge in [-0.15, -0.1) is 0 Å². The zero-order valence-corrected chi connectivity index (χ0v) is 15.8. The normalized spacial score (nSPS) is 10.5. The molecule has 0 amide bonds. The maximum atomic E-state index is 12.0. The van der Waals surface area contributed by atoms with Gasteiger partial charge >= 0.3 is 5.97 Å². The number of esters is 1. The molecular formula is C20H17ClN2O5. The summed E-state index contributed by atoms with van der Waals surface area (Å²) in [5.74, 6) is 0.552. The number of hydrogen-bond donors (Lipinski definition) is 0. The molecule has 144 valence electrons. The highest BCUT2D eigenvalue weighted by molar-refractivity contribution is 6.30. The Bertz CT molecular complexity index is 951. The molecule has 0 aliphatic rings. The first-order chi connectivity index (χ1) is 13.5. The third kappa shape index (κ3) is 5.17. The fraction of sp³-hybridized carbons (Fsp3) is 0.200. The maximum absolute atomic E-state index is 12.0. The number of rotatable bonds is 8. The monoisotopic (exact) mass is 400 g/mol. The van der Waals surface area contributed by atoms with Gasteiger partial charge in [0.25, 0.3) is 0 Å². The molecule has 0 spiro atoms. The zero-order chi connectivity index (χ0) is 19.9. The van der Waals surface area contributed by atoms with E-state index in [0.717, 1.165) is 5.56 Å². The summed E-state index contributed by atoms with van der Waals surface area (Å²) in [6.07, 6.45) is 0.244. The second-order valence-electron chi connectivity index (χ2n) is 5.83. The molecule has 0 atom stereocenters. The van der Waals surface area contributed by atoms with Gasteiger partial charge in [0.05, 0.1) is 13.5 Å². The van der Waals surface area contributed by atoms with Crippen LogP contribution in [0.4, 0.5) is 0 Å². The lowest BCUT2D eigenvalue weighted by Crippen LogP contribution is -2.14. The van der Waals surface area contributed by atoms with Crippen molar-refractivity contribution in [1.29, 1.82) is 0 Å². The maximum Gasteiger partial charge on any atom is 0.306 e. The number of aromatic nitrogens is 2. The molecule has 28 heavy (non-hydrogen) atoms. The first kappa shape index (κ1) is 19.6. The third-order valence-corrected chi connectivity index (χ3v) is 4.14. The van der Waals surface area contributed by atoms with Crippen LogP contribution in [0, 0.1) is 0 Å². The average molecular weight is 401 g/mol. The summed E-state index contributed by atoms with van der Waals surface area (Å²) in [4.78, 5) is 28.1. The minimum absolute atomic E-state index is 0.0259. The molecular weight excluding hydrogens is 384 g/mol. The van der Waals surface area contributed by atoms with Crippen LogP contribution in [0.2, 0.25) is 5.02 Å². The van der Waals surface area contributed by atoms with Crippen molar-refractivity contribution in [3.05, 3.63) is 65.0 Å². The largest absolute Gasteiger partial charge is 0.497 e. The molecule has 2 aromatic carbocycles. The minimum Gasteiger partial charge on any atom is -0.497 e. The number of Topliss-reactive ketones (excluding diaryl/α,β-unsaturated/α-hetero) is 1. The Morgan fingerprint density at radius 1 is 1.07 bits per heavy atom. The number of aryl methyl sites for hydroxylation is 1. The quantitative estimate of drug-likeness (QED) is 0.420. The van der Waals surface area contributed by atoms with Crippen LogP contribution in [-0.2, 0) is 16.0 Å². The first-order valence-corrected chi connectivity index (χ1v) is 8.84. The highest BCUT2D eigenvalue weighted by Crippen LogP contribution is 2.19. The number of halogens is 1. The van der Waals surface area contributed by atoms with Crippen LogP contribution in [0.3, 0.4) is 0 Å². The molecule has 3 aromatic rings. The van der Waals surface area contributed by atoms with Gasteiger partial charge in [0.15, 0.2) is 12.4 Å². The van der Waals surface area contributed by atoms with Crippen molar-refractivity contribution < 1.29 is 23.6 Å². The molecule has 0 aliphatic heterocycles. The number of nitrogens with zero attached hydrogens (tertiary/aromatic N) is 2. The van der Waals surface area contributed by atoms with Crippen molar-refractivity contribution in [1.82, 2.24) is 10.1 Å². The van der Waals surface area contributed by atoms with Crippen molar-refractivity contribution in [3.8, 4) is 17.1 Å². The number of ketones is 1. The number of ether oxygens (including phenoxy) is 2. The Morgan fingerprint density at radius 3 is 2.46 bits per heavy atom. The van der Waals surface area contributed by atoms with Gasteiger partial charge in [-0.25, -0.2) is 0 Å². The van der Waals surface area contributed by atoms with Crippen LogP contribution in [0.1, 0.15) is 22.7 Å². The second kappa shape index (κ2) is 9.14. The van der Waals surface area contributed by atoms with Crippen molar-refractivity contribution >= 4 is 23.4 Å². The van der Waals surface area contributed by atoms with Crippen molar-refractivity contribution in [3.63, 3.8) is 0 Å². The fourth-order valence-corrected chi connectivity index (χ4v) is 2.49. The summed E-state index contributed by atoms with van der Waals surface area (Å²) in [6, 6.07) is 13.6. The van der Waals surface area contributed by atoms with Crippen LogP contribution in [0.5, 0.6) is 5.75 Å². The summed E-state index contributed by atoms with van der Waals surface area (Å²) in [7, 11) is 1.54. The van der Waals surface area contributed by atoms with Crippen molar-refractivity contribution in [2.75, 3.05) is 13.7 Å². The van der Waals surface area contributed by atoms with Gasteiger partial charge in [0.2, 0.25) is 11.7 Å².